The number of nitrogens with two attached hydrogens (primary N) is 1. The molecule has 2 rings (SSSR count). The lowest BCUT2D eigenvalue weighted by molar-refractivity contribution is 0.628. The summed E-state index contributed by atoms with van der Waals surface area (Å²) in [7, 11) is 0. The molecule has 0 saturated heterocycles. The highest BCUT2D eigenvalue weighted by Crippen LogP contribution is 2.34. The highest BCUT2D eigenvalue weighted by atomic mass is 35.5. The molecule has 0 bridgehead atoms. The third-order valence-electron chi connectivity index (χ3n) is 2.81. The predicted molar refractivity (Wildman–Crippen MR) is 74.9 cm³/mol. The summed E-state index contributed by atoms with van der Waals surface area (Å²) in [5.74, 6) is -0.872. The molecular formula is C14H13ClF2N2. The van der Waals surface area contributed by atoms with Gasteiger partial charge in [0.2, 0.25) is 0 Å². The average Bonchev–Trinajstić information content (AvgIpc) is 2.38. The van der Waals surface area contributed by atoms with Crippen LogP contribution >= 0.6 is 11.6 Å². The molecule has 0 aliphatic rings. The van der Waals surface area contributed by atoms with E-state index >= 15 is 0 Å². The maximum absolute atomic E-state index is 13.3. The molecule has 0 amide bonds. The van der Waals surface area contributed by atoms with Crippen LogP contribution in [0.1, 0.15) is 6.92 Å². The molecule has 0 saturated carbocycles. The van der Waals surface area contributed by atoms with Crippen LogP contribution in [-0.2, 0) is 0 Å². The summed E-state index contributed by atoms with van der Waals surface area (Å²) in [6.07, 6.45) is 0. The first kappa shape index (κ1) is 13.6. The fraction of sp³-hybridized carbons (Fsp3) is 0.143. The fourth-order valence-electron chi connectivity index (χ4n) is 1.90. The Morgan fingerprint density at radius 1 is 1.16 bits per heavy atom. The summed E-state index contributed by atoms with van der Waals surface area (Å²) < 4.78 is 26.2. The average molecular weight is 283 g/mol. The second kappa shape index (κ2) is 5.45. The lowest BCUT2D eigenvalue weighted by Gasteiger charge is -2.25. The molecule has 5 heteroatoms. The van der Waals surface area contributed by atoms with Crippen LogP contribution in [0.25, 0.3) is 0 Å². The summed E-state index contributed by atoms with van der Waals surface area (Å²) >= 11 is 5.78. The quantitative estimate of drug-likeness (QED) is 0.848. The summed E-state index contributed by atoms with van der Waals surface area (Å²) in [6.45, 7) is 2.51. The molecule has 0 spiro atoms. The molecule has 0 aromatic heterocycles. The highest BCUT2D eigenvalue weighted by molar-refractivity contribution is 6.31. The second-order valence-electron chi connectivity index (χ2n) is 4.05. The molecule has 0 unspecified atom stereocenters. The Bertz CT molecular complexity index is 585. The molecule has 0 fully saturated rings. The molecular weight excluding hydrogens is 270 g/mol. The van der Waals surface area contributed by atoms with Crippen molar-refractivity contribution >= 4 is 28.7 Å². The molecule has 19 heavy (non-hydrogen) atoms. The van der Waals surface area contributed by atoms with Gasteiger partial charge in [0.1, 0.15) is 11.6 Å². The van der Waals surface area contributed by atoms with Crippen LogP contribution in [0, 0.1) is 11.6 Å². The molecule has 2 nitrogen and oxygen atoms in total. The van der Waals surface area contributed by atoms with Gasteiger partial charge in [0.25, 0.3) is 0 Å². The van der Waals surface area contributed by atoms with Crippen molar-refractivity contribution in [2.24, 2.45) is 0 Å². The number of anilines is 3. The zero-order valence-electron chi connectivity index (χ0n) is 10.3. The van der Waals surface area contributed by atoms with E-state index in [4.69, 9.17) is 17.3 Å². The molecule has 0 radical (unpaired) electrons. The van der Waals surface area contributed by atoms with Gasteiger partial charge in [-0.05, 0) is 37.3 Å². The summed E-state index contributed by atoms with van der Waals surface area (Å²) in [5, 5.41) is 0.00441. The molecule has 0 heterocycles. The van der Waals surface area contributed by atoms with Crippen molar-refractivity contribution in [1.29, 1.82) is 0 Å². The van der Waals surface area contributed by atoms with Crippen LogP contribution < -0.4 is 10.6 Å². The first-order valence-electron chi connectivity index (χ1n) is 5.80. The standard InChI is InChI=1S/C14H13ClF2N2/c1-2-19(10-5-3-9(16)4-6-10)14-7-11(15)12(17)8-13(14)18/h3-8H,2,18H2,1H3. The first-order valence-corrected chi connectivity index (χ1v) is 6.18. The van der Waals surface area contributed by atoms with Gasteiger partial charge in [0.05, 0.1) is 16.4 Å². The number of nitrogen functional groups attached to an aromatic ring is 1. The third kappa shape index (κ3) is 2.79. The van der Waals surface area contributed by atoms with Crippen molar-refractivity contribution in [2.75, 3.05) is 17.2 Å². The Balaban J connectivity index is 2.47. The number of benzene rings is 2. The van der Waals surface area contributed by atoms with Gasteiger partial charge in [-0.15, -0.1) is 0 Å². The molecule has 0 atom stereocenters. The normalized spacial score (nSPS) is 10.5. The Labute approximate surface area is 115 Å². The molecule has 2 aromatic carbocycles. The number of halogens is 3. The van der Waals surface area contributed by atoms with E-state index < -0.39 is 5.82 Å². The molecule has 0 aliphatic heterocycles. The number of hydrogen-bond donors (Lipinski definition) is 1. The topological polar surface area (TPSA) is 29.3 Å². The van der Waals surface area contributed by atoms with Crippen LogP contribution in [0.5, 0.6) is 0 Å². The van der Waals surface area contributed by atoms with E-state index in [1.54, 1.807) is 12.1 Å². The van der Waals surface area contributed by atoms with Crippen LogP contribution in [0.2, 0.25) is 5.02 Å². The van der Waals surface area contributed by atoms with Gasteiger partial charge < -0.3 is 10.6 Å². The first-order chi connectivity index (χ1) is 9.02. The molecule has 0 aliphatic carbocycles. The van der Waals surface area contributed by atoms with Crippen molar-refractivity contribution in [3.8, 4) is 0 Å². The van der Waals surface area contributed by atoms with E-state index in [9.17, 15) is 8.78 Å². The van der Waals surface area contributed by atoms with Crippen molar-refractivity contribution in [2.45, 2.75) is 6.92 Å². The zero-order chi connectivity index (χ0) is 14.0. The molecule has 100 valence electrons. The lowest BCUT2D eigenvalue weighted by atomic mass is 10.2. The van der Waals surface area contributed by atoms with E-state index in [0.29, 0.717) is 12.2 Å². The maximum Gasteiger partial charge on any atom is 0.143 e. The minimum atomic E-state index is -0.557. The van der Waals surface area contributed by atoms with E-state index in [1.807, 2.05) is 11.8 Å². The van der Waals surface area contributed by atoms with Gasteiger partial charge in [0, 0.05) is 18.3 Å². The van der Waals surface area contributed by atoms with Gasteiger partial charge in [0.15, 0.2) is 0 Å². The monoisotopic (exact) mass is 282 g/mol. The van der Waals surface area contributed by atoms with Crippen molar-refractivity contribution in [3.63, 3.8) is 0 Å². The number of rotatable bonds is 3. The minimum absolute atomic E-state index is 0.00441. The van der Waals surface area contributed by atoms with Crippen LogP contribution in [-0.4, -0.2) is 6.54 Å². The molecule has 2 N–H and O–H groups in total. The van der Waals surface area contributed by atoms with Crippen molar-refractivity contribution in [3.05, 3.63) is 53.1 Å². The van der Waals surface area contributed by atoms with Gasteiger partial charge in [-0.3, -0.25) is 0 Å². The van der Waals surface area contributed by atoms with Crippen molar-refractivity contribution < 1.29 is 8.78 Å². The van der Waals surface area contributed by atoms with Gasteiger partial charge in [-0.1, -0.05) is 11.6 Å². The van der Waals surface area contributed by atoms with E-state index in [1.165, 1.54) is 24.3 Å². The van der Waals surface area contributed by atoms with Crippen LogP contribution in [0.3, 0.4) is 0 Å². The van der Waals surface area contributed by atoms with E-state index in [-0.39, 0.29) is 16.5 Å². The smallest absolute Gasteiger partial charge is 0.143 e. The zero-order valence-corrected chi connectivity index (χ0v) is 11.1. The summed E-state index contributed by atoms with van der Waals surface area (Å²) in [5.41, 5.74) is 7.46. The van der Waals surface area contributed by atoms with Gasteiger partial charge in [-0.2, -0.15) is 0 Å². The molecule has 2 aromatic rings. The van der Waals surface area contributed by atoms with Gasteiger partial charge in [-0.25, -0.2) is 8.78 Å². The van der Waals surface area contributed by atoms with Crippen LogP contribution in [0.4, 0.5) is 25.8 Å². The third-order valence-corrected chi connectivity index (χ3v) is 3.10. The van der Waals surface area contributed by atoms with Gasteiger partial charge >= 0.3 is 0 Å². The number of nitrogens with zero attached hydrogens (tertiary/aromatic N) is 1. The van der Waals surface area contributed by atoms with E-state index in [2.05, 4.69) is 0 Å². The maximum atomic E-state index is 13.3. The number of hydrogen-bond acceptors (Lipinski definition) is 2. The Hall–Kier alpha value is -1.81. The highest BCUT2D eigenvalue weighted by Gasteiger charge is 2.13. The second-order valence-corrected chi connectivity index (χ2v) is 4.45. The van der Waals surface area contributed by atoms with E-state index in [0.717, 1.165) is 5.69 Å². The Kier molecular flexibility index (Phi) is 3.90. The Morgan fingerprint density at radius 3 is 2.37 bits per heavy atom. The lowest BCUT2D eigenvalue weighted by Crippen LogP contribution is -2.17. The fourth-order valence-corrected chi connectivity index (χ4v) is 2.06. The minimum Gasteiger partial charge on any atom is -0.397 e. The SMILES string of the molecule is CCN(c1ccc(F)cc1)c1cc(Cl)c(F)cc1N. The Morgan fingerprint density at radius 2 is 1.79 bits per heavy atom. The summed E-state index contributed by atoms with van der Waals surface area (Å²) in [6, 6.07) is 8.65. The predicted octanol–water partition coefficient (Wildman–Crippen LogP) is 4.36. The largest absolute Gasteiger partial charge is 0.397 e. The summed E-state index contributed by atoms with van der Waals surface area (Å²) in [4.78, 5) is 1.83. The van der Waals surface area contributed by atoms with Crippen LogP contribution in [0.15, 0.2) is 36.4 Å². The van der Waals surface area contributed by atoms with Crippen molar-refractivity contribution in [1.82, 2.24) is 0 Å².